The Morgan fingerprint density at radius 1 is 1.27 bits per heavy atom. The van der Waals surface area contributed by atoms with Gasteiger partial charge in [-0.05, 0) is 44.2 Å². The van der Waals surface area contributed by atoms with Crippen molar-refractivity contribution in [2.45, 2.75) is 19.9 Å². The summed E-state index contributed by atoms with van der Waals surface area (Å²) in [6.45, 7) is 4.07. The minimum absolute atomic E-state index is 0.303. The highest BCUT2D eigenvalue weighted by Crippen LogP contribution is 2.28. The van der Waals surface area contributed by atoms with Crippen molar-refractivity contribution in [1.82, 2.24) is 4.98 Å². The van der Waals surface area contributed by atoms with Crippen LogP contribution in [0.2, 0.25) is 5.02 Å². The van der Waals surface area contributed by atoms with Crippen LogP contribution in [-0.4, -0.2) is 24.0 Å². The average molecular weight is 320 g/mol. The molecule has 1 heterocycles. The number of methoxy groups -OCH3 is 1. The second kappa shape index (κ2) is 7.13. The lowest BCUT2D eigenvalue weighted by atomic mass is 10.2. The van der Waals surface area contributed by atoms with Gasteiger partial charge in [0, 0.05) is 11.1 Å². The number of hydrogen-bond acceptors (Lipinski definition) is 4. The molecule has 6 heteroatoms. The van der Waals surface area contributed by atoms with Gasteiger partial charge in [-0.1, -0.05) is 11.6 Å². The van der Waals surface area contributed by atoms with E-state index < -0.39 is 0 Å². The monoisotopic (exact) mass is 319 g/mol. The van der Waals surface area contributed by atoms with Crippen LogP contribution in [0.3, 0.4) is 0 Å². The summed E-state index contributed by atoms with van der Waals surface area (Å²) in [6.07, 6.45) is 1.63. The summed E-state index contributed by atoms with van der Waals surface area (Å²) >= 11 is 5.94. The largest absolute Gasteiger partial charge is 0.495 e. The topological polar surface area (TPSA) is 63.2 Å². The fourth-order valence-electron chi connectivity index (χ4n) is 1.91. The summed E-state index contributed by atoms with van der Waals surface area (Å²) in [5.74, 6) is 0.215. The summed E-state index contributed by atoms with van der Waals surface area (Å²) in [7, 11) is 1.53. The van der Waals surface area contributed by atoms with Crippen molar-refractivity contribution in [3.63, 3.8) is 0 Å². The lowest BCUT2D eigenvalue weighted by Crippen LogP contribution is -2.15. The molecule has 0 radical (unpaired) electrons. The highest BCUT2D eigenvalue weighted by Gasteiger charge is 2.11. The molecule has 0 saturated carbocycles. The number of anilines is 2. The van der Waals surface area contributed by atoms with Crippen LogP contribution in [-0.2, 0) is 0 Å². The number of aromatic nitrogens is 1. The van der Waals surface area contributed by atoms with Crippen LogP contribution in [0.1, 0.15) is 24.3 Å². The van der Waals surface area contributed by atoms with E-state index in [4.69, 9.17) is 16.3 Å². The predicted molar refractivity (Wildman–Crippen MR) is 89.0 cm³/mol. The van der Waals surface area contributed by atoms with E-state index >= 15 is 0 Å². The number of amides is 1. The van der Waals surface area contributed by atoms with Crippen molar-refractivity contribution < 1.29 is 9.53 Å². The first-order valence-corrected chi connectivity index (χ1v) is 7.25. The number of nitrogens with one attached hydrogen (secondary N) is 2. The quantitative estimate of drug-likeness (QED) is 0.879. The van der Waals surface area contributed by atoms with Crippen molar-refractivity contribution in [1.29, 1.82) is 0 Å². The summed E-state index contributed by atoms with van der Waals surface area (Å²) in [4.78, 5) is 16.4. The number of carbonyl (C=O) groups is 1. The average Bonchev–Trinajstić information content (AvgIpc) is 2.47. The number of pyridine rings is 1. The van der Waals surface area contributed by atoms with Crippen LogP contribution in [0, 0.1) is 0 Å². The van der Waals surface area contributed by atoms with Crippen LogP contribution in [0.4, 0.5) is 11.4 Å². The SMILES string of the molecule is COc1ccc(Cl)cc1NC(=O)c1ccc(NC(C)C)cn1. The van der Waals surface area contributed by atoms with Gasteiger partial charge < -0.3 is 15.4 Å². The Morgan fingerprint density at radius 3 is 2.64 bits per heavy atom. The number of nitrogens with zero attached hydrogens (tertiary/aromatic N) is 1. The first-order valence-electron chi connectivity index (χ1n) is 6.87. The van der Waals surface area contributed by atoms with Crippen molar-refractivity contribution in [3.8, 4) is 5.75 Å². The molecule has 5 nitrogen and oxygen atoms in total. The molecule has 0 aliphatic rings. The number of benzene rings is 1. The van der Waals surface area contributed by atoms with E-state index in [2.05, 4.69) is 15.6 Å². The van der Waals surface area contributed by atoms with E-state index in [-0.39, 0.29) is 5.91 Å². The zero-order chi connectivity index (χ0) is 16.1. The molecule has 2 aromatic rings. The molecule has 0 bridgehead atoms. The van der Waals surface area contributed by atoms with E-state index in [9.17, 15) is 4.79 Å². The van der Waals surface area contributed by atoms with Gasteiger partial charge in [0.15, 0.2) is 0 Å². The minimum Gasteiger partial charge on any atom is -0.495 e. The van der Waals surface area contributed by atoms with Crippen molar-refractivity contribution in [2.24, 2.45) is 0 Å². The number of carbonyl (C=O) groups excluding carboxylic acids is 1. The van der Waals surface area contributed by atoms with Gasteiger partial charge in [0.05, 0.1) is 24.7 Å². The van der Waals surface area contributed by atoms with Gasteiger partial charge in [-0.2, -0.15) is 0 Å². The molecule has 0 aliphatic heterocycles. The molecule has 22 heavy (non-hydrogen) atoms. The fourth-order valence-corrected chi connectivity index (χ4v) is 2.08. The predicted octanol–water partition coefficient (Wildman–Crippen LogP) is 3.82. The maximum absolute atomic E-state index is 12.2. The second-order valence-corrected chi connectivity index (χ2v) is 5.47. The molecule has 0 atom stereocenters. The standard InChI is InChI=1S/C16H18ClN3O2/c1-10(2)19-12-5-6-13(18-9-12)16(21)20-14-8-11(17)4-7-15(14)22-3/h4-10,19H,1-3H3,(H,20,21). The second-order valence-electron chi connectivity index (χ2n) is 5.03. The molecule has 1 aromatic carbocycles. The van der Waals surface area contributed by atoms with E-state index in [0.717, 1.165) is 5.69 Å². The Balaban J connectivity index is 2.14. The summed E-state index contributed by atoms with van der Waals surface area (Å²) in [5, 5.41) is 6.48. The molecule has 2 N–H and O–H groups in total. The third-order valence-electron chi connectivity index (χ3n) is 2.86. The van der Waals surface area contributed by atoms with E-state index in [1.54, 1.807) is 30.5 Å². The van der Waals surface area contributed by atoms with E-state index in [0.29, 0.717) is 28.2 Å². The Morgan fingerprint density at radius 2 is 2.05 bits per heavy atom. The molecule has 1 aromatic heterocycles. The van der Waals surface area contributed by atoms with Crippen LogP contribution in [0.15, 0.2) is 36.5 Å². The summed E-state index contributed by atoms with van der Waals surface area (Å²) < 4.78 is 5.20. The summed E-state index contributed by atoms with van der Waals surface area (Å²) in [5.41, 5.74) is 1.69. The van der Waals surface area contributed by atoms with Crippen LogP contribution < -0.4 is 15.4 Å². The third kappa shape index (κ3) is 4.11. The maximum atomic E-state index is 12.2. The number of hydrogen-bond donors (Lipinski definition) is 2. The van der Waals surface area contributed by atoms with E-state index in [1.807, 2.05) is 19.9 Å². The lowest BCUT2D eigenvalue weighted by molar-refractivity contribution is 0.102. The lowest BCUT2D eigenvalue weighted by Gasteiger charge is -2.11. The molecule has 0 fully saturated rings. The third-order valence-corrected chi connectivity index (χ3v) is 3.10. The molecule has 1 amide bonds. The molecule has 0 saturated heterocycles. The van der Waals surface area contributed by atoms with Gasteiger partial charge in [0.1, 0.15) is 11.4 Å². The Labute approximate surface area is 134 Å². The Kier molecular flexibility index (Phi) is 5.22. The number of halogens is 1. The molecule has 116 valence electrons. The molecule has 0 unspecified atom stereocenters. The van der Waals surface area contributed by atoms with Gasteiger partial charge in [0.25, 0.3) is 5.91 Å². The van der Waals surface area contributed by atoms with Crippen LogP contribution in [0.25, 0.3) is 0 Å². The fraction of sp³-hybridized carbons (Fsp3) is 0.250. The van der Waals surface area contributed by atoms with E-state index in [1.165, 1.54) is 7.11 Å². The molecule has 2 rings (SSSR count). The van der Waals surface area contributed by atoms with Gasteiger partial charge >= 0.3 is 0 Å². The highest BCUT2D eigenvalue weighted by atomic mass is 35.5. The Bertz CT molecular complexity index is 657. The van der Waals surface area contributed by atoms with Crippen LogP contribution >= 0.6 is 11.6 Å². The molecule has 0 spiro atoms. The first kappa shape index (κ1) is 16.1. The summed E-state index contributed by atoms with van der Waals surface area (Å²) in [6, 6.07) is 8.81. The van der Waals surface area contributed by atoms with Crippen molar-refractivity contribution in [3.05, 3.63) is 47.2 Å². The number of rotatable bonds is 5. The molecular formula is C16H18ClN3O2. The maximum Gasteiger partial charge on any atom is 0.274 e. The molecule has 0 aliphatic carbocycles. The van der Waals surface area contributed by atoms with Gasteiger partial charge in [-0.15, -0.1) is 0 Å². The van der Waals surface area contributed by atoms with Gasteiger partial charge in [0.2, 0.25) is 0 Å². The molecular weight excluding hydrogens is 302 g/mol. The zero-order valence-corrected chi connectivity index (χ0v) is 13.4. The minimum atomic E-state index is -0.323. The van der Waals surface area contributed by atoms with Crippen LogP contribution in [0.5, 0.6) is 5.75 Å². The Hall–Kier alpha value is -2.27. The van der Waals surface area contributed by atoms with Crippen molar-refractivity contribution in [2.75, 3.05) is 17.7 Å². The highest BCUT2D eigenvalue weighted by molar-refractivity contribution is 6.31. The number of ether oxygens (including phenoxy) is 1. The van der Waals surface area contributed by atoms with Gasteiger partial charge in [-0.25, -0.2) is 4.98 Å². The zero-order valence-electron chi connectivity index (χ0n) is 12.7. The first-order chi connectivity index (χ1) is 10.5. The van der Waals surface area contributed by atoms with Gasteiger partial charge in [-0.3, -0.25) is 4.79 Å². The normalized spacial score (nSPS) is 10.4. The van der Waals surface area contributed by atoms with Crippen molar-refractivity contribution >= 4 is 28.9 Å². The smallest absolute Gasteiger partial charge is 0.274 e.